The van der Waals surface area contributed by atoms with Gasteiger partial charge < -0.3 is 5.11 Å². The van der Waals surface area contributed by atoms with Gasteiger partial charge in [0, 0.05) is 10.7 Å². The van der Waals surface area contributed by atoms with Crippen molar-refractivity contribution in [3.8, 4) is 5.69 Å². The minimum atomic E-state index is -0.750. The van der Waals surface area contributed by atoms with Crippen LogP contribution in [0, 0.1) is 6.92 Å². The van der Waals surface area contributed by atoms with E-state index in [0.717, 1.165) is 41.8 Å². The number of carboxylic acids is 1. The molecule has 2 aromatic rings. The van der Waals surface area contributed by atoms with E-state index in [1.807, 2.05) is 36.0 Å². The Morgan fingerprint density at radius 3 is 3.10 bits per heavy atom. The standard InChI is InChI=1S/C16H17ClN2O2/c1-10-5-6-12(17)8-15(10)19-14-4-2-3-11(7-16(20)21)13(14)9-18-19/h5-6,8-9,11H,2-4,7H2,1H3,(H,20,21). The molecule has 1 N–H and O–H groups in total. The zero-order chi connectivity index (χ0) is 15.0. The van der Waals surface area contributed by atoms with Gasteiger partial charge in [0.25, 0.3) is 0 Å². The third-order valence-electron chi connectivity index (χ3n) is 4.13. The Kier molecular flexibility index (Phi) is 3.72. The number of aromatic nitrogens is 2. The highest BCUT2D eigenvalue weighted by molar-refractivity contribution is 6.30. The molecule has 3 rings (SSSR count). The Balaban J connectivity index is 2.05. The van der Waals surface area contributed by atoms with Crippen LogP contribution >= 0.6 is 11.6 Å². The van der Waals surface area contributed by atoms with E-state index in [-0.39, 0.29) is 12.3 Å². The summed E-state index contributed by atoms with van der Waals surface area (Å²) in [5.74, 6) is -0.681. The zero-order valence-electron chi connectivity index (χ0n) is 11.8. The van der Waals surface area contributed by atoms with Gasteiger partial charge in [0.2, 0.25) is 0 Å². The largest absolute Gasteiger partial charge is 0.481 e. The van der Waals surface area contributed by atoms with Gasteiger partial charge in [0.15, 0.2) is 0 Å². The van der Waals surface area contributed by atoms with Crippen LogP contribution in [0.5, 0.6) is 0 Å². The molecular formula is C16H17ClN2O2. The maximum atomic E-state index is 11.0. The van der Waals surface area contributed by atoms with Crippen molar-refractivity contribution in [1.82, 2.24) is 9.78 Å². The average molecular weight is 305 g/mol. The van der Waals surface area contributed by atoms with Gasteiger partial charge in [0.05, 0.1) is 18.3 Å². The van der Waals surface area contributed by atoms with Gasteiger partial charge in [-0.15, -0.1) is 0 Å². The maximum absolute atomic E-state index is 11.0. The quantitative estimate of drug-likeness (QED) is 0.940. The third-order valence-corrected chi connectivity index (χ3v) is 4.36. The van der Waals surface area contributed by atoms with Crippen LogP contribution in [0.1, 0.15) is 42.0 Å². The van der Waals surface area contributed by atoms with Crippen LogP contribution in [0.25, 0.3) is 5.69 Å². The van der Waals surface area contributed by atoms with Crippen LogP contribution in [-0.2, 0) is 11.2 Å². The second-order valence-electron chi connectivity index (χ2n) is 5.58. The SMILES string of the molecule is Cc1ccc(Cl)cc1-n1ncc2c1CCCC2CC(=O)O. The van der Waals surface area contributed by atoms with Crippen molar-refractivity contribution < 1.29 is 9.90 Å². The molecular weight excluding hydrogens is 288 g/mol. The lowest BCUT2D eigenvalue weighted by Gasteiger charge is -2.22. The summed E-state index contributed by atoms with van der Waals surface area (Å²) in [6.07, 6.45) is 4.84. The molecule has 5 heteroatoms. The van der Waals surface area contributed by atoms with Crippen molar-refractivity contribution in [1.29, 1.82) is 0 Å². The fraction of sp³-hybridized carbons (Fsp3) is 0.375. The predicted octanol–water partition coefficient (Wildman–Crippen LogP) is 3.73. The summed E-state index contributed by atoms with van der Waals surface area (Å²) in [6.45, 7) is 2.03. The average Bonchev–Trinajstić information content (AvgIpc) is 2.86. The number of hydrogen-bond acceptors (Lipinski definition) is 2. The van der Waals surface area contributed by atoms with E-state index in [0.29, 0.717) is 5.02 Å². The van der Waals surface area contributed by atoms with E-state index in [1.165, 1.54) is 0 Å². The summed E-state index contributed by atoms with van der Waals surface area (Å²) in [5, 5.41) is 14.2. The molecule has 0 fully saturated rings. The van der Waals surface area contributed by atoms with Gasteiger partial charge in [-0.05, 0) is 55.4 Å². The summed E-state index contributed by atoms with van der Waals surface area (Å²) < 4.78 is 1.92. The fourth-order valence-corrected chi connectivity index (χ4v) is 3.26. The molecule has 21 heavy (non-hydrogen) atoms. The van der Waals surface area contributed by atoms with Gasteiger partial charge in [0.1, 0.15) is 0 Å². The molecule has 110 valence electrons. The number of halogens is 1. The van der Waals surface area contributed by atoms with Gasteiger partial charge in [-0.1, -0.05) is 17.7 Å². The molecule has 1 unspecified atom stereocenters. The number of hydrogen-bond donors (Lipinski definition) is 1. The smallest absolute Gasteiger partial charge is 0.303 e. The van der Waals surface area contributed by atoms with Crippen LogP contribution in [0.3, 0.4) is 0 Å². The highest BCUT2D eigenvalue weighted by Gasteiger charge is 2.26. The minimum Gasteiger partial charge on any atom is -0.481 e. The number of aliphatic carboxylic acids is 1. The van der Waals surface area contributed by atoms with Crippen LogP contribution < -0.4 is 0 Å². The molecule has 1 aliphatic rings. The Morgan fingerprint density at radius 1 is 1.52 bits per heavy atom. The molecule has 0 bridgehead atoms. The molecule has 1 aliphatic carbocycles. The summed E-state index contributed by atoms with van der Waals surface area (Å²) in [5.41, 5.74) is 4.27. The number of carboxylic acid groups (broad SMARTS) is 1. The Morgan fingerprint density at radius 2 is 2.33 bits per heavy atom. The highest BCUT2D eigenvalue weighted by atomic mass is 35.5. The van der Waals surface area contributed by atoms with Gasteiger partial charge in [-0.25, -0.2) is 4.68 Å². The summed E-state index contributed by atoms with van der Waals surface area (Å²) in [7, 11) is 0. The van der Waals surface area contributed by atoms with E-state index in [9.17, 15) is 4.79 Å². The summed E-state index contributed by atoms with van der Waals surface area (Å²) in [6, 6.07) is 5.75. The van der Waals surface area contributed by atoms with E-state index < -0.39 is 5.97 Å². The number of fused-ring (bicyclic) bond motifs is 1. The summed E-state index contributed by atoms with van der Waals surface area (Å²) >= 11 is 6.10. The Bertz CT molecular complexity index is 694. The highest BCUT2D eigenvalue weighted by Crippen LogP contribution is 2.35. The van der Waals surface area contributed by atoms with Crippen LogP contribution in [0.2, 0.25) is 5.02 Å². The van der Waals surface area contributed by atoms with Crippen molar-refractivity contribution in [2.75, 3.05) is 0 Å². The second-order valence-corrected chi connectivity index (χ2v) is 6.01. The Hall–Kier alpha value is -1.81. The van der Waals surface area contributed by atoms with Crippen molar-refractivity contribution in [3.63, 3.8) is 0 Å². The molecule has 4 nitrogen and oxygen atoms in total. The molecule has 1 atom stereocenters. The minimum absolute atomic E-state index is 0.0690. The number of carbonyl (C=O) groups is 1. The number of nitrogens with zero attached hydrogens (tertiary/aromatic N) is 2. The molecule has 1 aromatic carbocycles. The first kappa shape index (κ1) is 14.1. The first-order valence-corrected chi connectivity index (χ1v) is 7.49. The topological polar surface area (TPSA) is 55.1 Å². The van der Waals surface area contributed by atoms with Gasteiger partial charge >= 0.3 is 5.97 Å². The van der Waals surface area contributed by atoms with E-state index in [2.05, 4.69) is 5.10 Å². The molecule has 1 heterocycles. The lowest BCUT2D eigenvalue weighted by molar-refractivity contribution is -0.137. The first-order chi connectivity index (χ1) is 10.1. The normalized spacial score (nSPS) is 17.5. The van der Waals surface area contributed by atoms with Gasteiger partial charge in [-0.3, -0.25) is 4.79 Å². The third kappa shape index (κ3) is 2.68. The Labute approximate surface area is 128 Å². The van der Waals surface area contributed by atoms with Crippen molar-refractivity contribution in [3.05, 3.63) is 46.2 Å². The van der Waals surface area contributed by atoms with E-state index >= 15 is 0 Å². The van der Waals surface area contributed by atoms with Crippen LogP contribution in [-0.4, -0.2) is 20.9 Å². The van der Waals surface area contributed by atoms with Crippen molar-refractivity contribution in [2.45, 2.75) is 38.5 Å². The zero-order valence-corrected chi connectivity index (χ0v) is 12.6. The lowest BCUT2D eigenvalue weighted by atomic mass is 9.85. The maximum Gasteiger partial charge on any atom is 0.303 e. The molecule has 1 aromatic heterocycles. The van der Waals surface area contributed by atoms with E-state index in [4.69, 9.17) is 16.7 Å². The summed E-state index contributed by atoms with van der Waals surface area (Å²) in [4.78, 5) is 11.0. The molecule has 0 saturated heterocycles. The second kappa shape index (κ2) is 5.53. The number of aryl methyl sites for hydroxylation is 1. The molecule has 0 radical (unpaired) electrons. The monoisotopic (exact) mass is 304 g/mol. The predicted molar refractivity (Wildman–Crippen MR) is 81.2 cm³/mol. The van der Waals surface area contributed by atoms with Gasteiger partial charge in [-0.2, -0.15) is 5.10 Å². The van der Waals surface area contributed by atoms with E-state index in [1.54, 1.807) is 0 Å². The lowest BCUT2D eigenvalue weighted by Crippen LogP contribution is -2.15. The molecule has 0 amide bonds. The van der Waals surface area contributed by atoms with Crippen LogP contribution in [0.15, 0.2) is 24.4 Å². The van der Waals surface area contributed by atoms with Crippen molar-refractivity contribution >= 4 is 17.6 Å². The molecule has 0 aliphatic heterocycles. The fourth-order valence-electron chi connectivity index (χ4n) is 3.09. The number of rotatable bonds is 3. The first-order valence-electron chi connectivity index (χ1n) is 7.11. The molecule has 0 saturated carbocycles. The van der Waals surface area contributed by atoms with Crippen molar-refractivity contribution in [2.24, 2.45) is 0 Å². The van der Waals surface area contributed by atoms with Crippen LogP contribution in [0.4, 0.5) is 0 Å². The molecule has 0 spiro atoms. The number of benzene rings is 1.